The molecule has 2 aliphatic rings. The van der Waals surface area contributed by atoms with Gasteiger partial charge in [-0.25, -0.2) is 4.98 Å². The number of halogens is 6. The molecular formula is C30H31F6N7O2S. The van der Waals surface area contributed by atoms with Crippen molar-refractivity contribution in [3.05, 3.63) is 89.6 Å². The molecule has 0 bridgehead atoms. The van der Waals surface area contributed by atoms with Gasteiger partial charge in [-0.15, -0.1) is 0 Å². The minimum atomic E-state index is -4.43. The highest BCUT2D eigenvalue weighted by Gasteiger charge is 2.33. The Hall–Kier alpha value is -3.89. The maximum absolute atomic E-state index is 12.7. The van der Waals surface area contributed by atoms with Gasteiger partial charge in [0, 0.05) is 54.9 Å². The van der Waals surface area contributed by atoms with E-state index in [0.29, 0.717) is 35.5 Å². The number of fused-ring (bicyclic) bond motifs is 1. The van der Waals surface area contributed by atoms with Crippen LogP contribution in [-0.4, -0.2) is 58.8 Å². The van der Waals surface area contributed by atoms with E-state index in [4.69, 9.17) is 0 Å². The summed E-state index contributed by atoms with van der Waals surface area (Å²) < 4.78 is 104. The molecule has 0 aromatic carbocycles. The molecule has 4 aromatic rings. The molecule has 0 amide bonds. The van der Waals surface area contributed by atoms with Gasteiger partial charge in [0.2, 0.25) is 0 Å². The van der Waals surface area contributed by atoms with Crippen molar-refractivity contribution in [2.45, 2.75) is 49.9 Å². The molecule has 0 radical (unpaired) electrons. The molecule has 6 rings (SSSR count). The van der Waals surface area contributed by atoms with E-state index in [-0.39, 0.29) is 24.8 Å². The zero-order chi connectivity index (χ0) is 33.0. The first-order chi connectivity index (χ1) is 21.8. The average molecular weight is 668 g/mol. The van der Waals surface area contributed by atoms with Crippen LogP contribution in [0, 0.1) is 0 Å². The SMILES string of the molecule is FC(F)(F)c1ccc(C2CCNCC2)nc1.O=S(=O)(Nc1ccc2ncccc2n1)N1CCC(c2ccc(C(F)(F)F)cn2)CC1. The molecule has 4 aromatic heterocycles. The number of hydrogen-bond donors (Lipinski definition) is 2. The van der Waals surface area contributed by atoms with Gasteiger partial charge >= 0.3 is 22.6 Å². The first-order valence-corrected chi connectivity index (χ1v) is 16.0. The summed E-state index contributed by atoms with van der Waals surface area (Å²) >= 11 is 0. The third kappa shape index (κ3) is 8.47. The van der Waals surface area contributed by atoms with Crippen LogP contribution in [0.5, 0.6) is 0 Å². The van der Waals surface area contributed by atoms with Crippen LogP contribution in [0.25, 0.3) is 11.0 Å². The fourth-order valence-electron chi connectivity index (χ4n) is 5.35. The highest BCUT2D eigenvalue weighted by Crippen LogP contribution is 2.33. The number of aromatic nitrogens is 4. The number of nitrogens with one attached hydrogen (secondary N) is 2. The van der Waals surface area contributed by atoms with E-state index in [2.05, 4.69) is 30.0 Å². The Balaban J connectivity index is 0.000000219. The first kappa shape index (κ1) is 33.5. The zero-order valence-electron chi connectivity index (χ0n) is 24.4. The molecule has 2 saturated heterocycles. The van der Waals surface area contributed by atoms with Crippen molar-refractivity contribution in [2.75, 3.05) is 30.9 Å². The molecule has 2 aliphatic heterocycles. The molecule has 246 valence electrons. The topological polar surface area (TPSA) is 113 Å². The lowest BCUT2D eigenvalue weighted by Crippen LogP contribution is -2.41. The summed E-state index contributed by atoms with van der Waals surface area (Å²) in [6.07, 6.45) is -2.53. The molecule has 6 heterocycles. The van der Waals surface area contributed by atoms with E-state index in [9.17, 15) is 34.8 Å². The quantitative estimate of drug-likeness (QED) is 0.246. The van der Waals surface area contributed by atoms with E-state index in [0.717, 1.165) is 56.2 Å². The number of pyridine rings is 4. The Bertz CT molecular complexity index is 1710. The number of rotatable bonds is 5. The summed E-state index contributed by atoms with van der Waals surface area (Å²) in [7, 11) is -3.81. The van der Waals surface area contributed by atoms with E-state index < -0.39 is 33.7 Å². The van der Waals surface area contributed by atoms with Crippen molar-refractivity contribution in [2.24, 2.45) is 0 Å². The van der Waals surface area contributed by atoms with Crippen LogP contribution in [0.15, 0.2) is 67.1 Å². The van der Waals surface area contributed by atoms with E-state index in [1.54, 1.807) is 30.5 Å². The summed E-state index contributed by atoms with van der Waals surface area (Å²) in [6, 6.07) is 11.7. The van der Waals surface area contributed by atoms with Gasteiger partial charge in [-0.2, -0.15) is 39.1 Å². The van der Waals surface area contributed by atoms with Gasteiger partial charge in [0.05, 0.1) is 22.2 Å². The molecule has 0 unspecified atom stereocenters. The maximum Gasteiger partial charge on any atom is 0.417 e. The summed E-state index contributed by atoms with van der Waals surface area (Å²) in [4.78, 5) is 16.3. The molecule has 9 nitrogen and oxygen atoms in total. The Labute approximate surface area is 261 Å². The molecule has 46 heavy (non-hydrogen) atoms. The fraction of sp³-hybridized carbons (Fsp3) is 0.400. The Morgan fingerprint density at radius 1 is 0.717 bits per heavy atom. The second kappa shape index (κ2) is 13.8. The molecule has 2 fully saturated rings. The predicted molar refractivity (Wildman–Crippen MR) is 159 cm³/mol. The van der Waals surface area contributed by atoms with Crippen molar-refractivity contribution in [3.63, 3.8) is 0 Å². The molecule has 16 heteroatoms. The number of nitrogens with zero attached hydrogens (tertiary/aromatic N) is 5. The van der Waals surface area contributed by atoms with Crippen LogP contribution in [0.4, 0.5) is 32.2 Å². The lowest BCUT2D eigenvalue weighted by molar-refractivity contribution is -0.138. The predicted octanol–water partition coefficient (Wildman–Crippen LogP) is 6.15. The molecule has 0 atom stereocenters. The second-order valence-corrected chi connectivity index (χ2v) is 12.7. The summed E-state index contributed by atoms with van der Waals surface area (Å²) in [5.74, 6) is 0.397. The highest BCUT2D eigenvalue weighted by atomic mass is 32.2. The molecular weight excluding hydrogens is 636 g/mol. The van der Waals surface area contributed by atoms with Crippen molar-refractivity contribution in [1.82, 2.24) is 29.6 Å². The van der Waals surface area contributed by atoms with Crippen LogP contribution in [0.1, 0.15) is 60.0 Å². The van der Waals surface area contributed by atoms with E-state index in [1.165, 1.54) is 16.4 Å². The second-order valence-electron chi connectivity index (χ2n) is 11.0. The maximum atomic E-state index is 12.7. The Morgan fingerprint density at radius 2 is 1.28 bits per heavy atom. The molecule has 0 aliphatic carbocycles. The van der Waals surface area contributed by atoms with Crippen molar-refractivity contribution < 1.29 is 34.8 Å². The lowest BCUT2D eigenvalue weighted by atomic mass is 9.94. The van der Waals surface area contributed by atoms with Gasteiger partial charge in [0.1, 0.15) is 5.82 Å². The molecule has 0 spiro atoms. The smallest absolute Gasteiger partial charge is 0.317 e. The van der Waals surface area contributed by atoms with Crippen molar-refractivity contribution in [3.8, 4) is 0 Å². The highest BCUT2D eigenvalue weighted by molar-refractivity contribution is 7.90. The van der Waals surface area contributed by atoms with Crippen LogP contribution < -0.4 is 10.0 Å². The third-order valence-electron chi connectivity index (χ3n) is 7.89. The lowest BCUT2D eigenvalue weighted by Gasteiger charge is -2.31. The van der Waals surface area contributed by atoms with Gasteiger partial charge < -0.3 is 5.32 Å². The normalized spacial score (nSPS) is 17.3. The third-order valence-corrected chi connectivity index (χ3v) is 9.40. The minimum absolute atomic E-state index is 0.0939. The summed E-state index contributed by atoms with van der Waals surface area (Å²) in [6.45, 7) is 2.29. The zero-order valence-corrected chi connectivity index (χ0v) is 25.2. The van der Waals surface area contributed by atoms with E-state index in [1.807, 2.05) is 0 Å². The molecule has 0 saturated carbocycles. The minimum Gasteiger partial charge on any atom is -0.317 e. The molecule has 2 N–H and O–H groups in total. The summed E-state index contributed by atoms with van der Waals surface area (Å²) in [5.41, 5.74) is 1.07. The van der Waals surface area contributed by atoms with Crippen LogP contribution in [0.3, 0.4) is 0 Å². The number of anilines is 1. The van der Waals surface area contributed by atoms with Gasteiger partial charge in [-0.1, -0.05) is 0 Å². The number of hydrogen-bond acceptors (Lipinski definition) is 7. The Kier molecular flexibility index (Phi) is 10.1. The van der Waals surface area contributed by atoms with Crippen LogP contribution in [0.2, 0.25) is 0 Å². The van der Waals surface area contributed by atoms with Crippen LogP contribution in [-0.2, 0) is 22.6 Å². The fourth-order valence-corrected chi connectivity index (χ4v) is 6.55. The van der Waals surface area contributed by atoms with Crippen molar-refractivity contribution >= 4 is 27.1 Å². The summed E-state index contributed by atoms with van der Waals surface area (Å²) in [5, 5.41) is 3.21. The van der Waals surface area contributed by atoms with Crippen LogP contribution >= 0.6 is 0 Å². The van der Waals surface area contributed by atoms with Gasteiger partial charge in [0.15, 0.2) is 0 Å². The average Bonchev–Trinajstić information content (AvgIpc) is 3.05. The number of piperidine rings is 2. The number of alkyl halides is 6. The van der Waals surface area contributed by atoms with E-state index >= 15 is 0 Å². The van der Waals surface area contributed by atoms with Gasteiger partial charge in [0.25, 0.3) is 0 Å². The largest absolute Gasteiger partial charge is 0.417 e. The Morgan fingerprint density at radius 3 is 1.80 bits per heavy atom. The van der Waals surface area contributed by atoms with Gasteiger partial charge in [-0.3, -0.25) is 19.7 Å². The first-order valence-electron chi connectivity index (χ1n) is 14.6. The standard InChI is InChI=1S/C19H18F3N5O2S.C11H13F3N2/c20-19(21,22)14-3-4-15(24-12-14)13-7-10-27(11-8-13)30(28,29)26-18-6-5-16-17(25-18)2-1-9-23-16;12-11(13,14)9-1-2-10(16-7-9)8-3-5-15-6-4-8/h1-6,9,12-13H,7-8,10-11H2,(H,25,26);1-2,7-8,15H,3-6H2. The van der Waals surface area contributed by atoms with Gasteiger partial charge in [-0.05, 0) is 87.3 Å². The monoisotopic (exact) mass is 667 g/mol. The van der Waals surface area contributed by atoms with Crippen molar-refractivity contribution in [1.29, 1.82) is 0 Å².